The Morgan fingerprint density at radius 2 is 1.33 bits per heavy atom. The van der Waals surface area contributed by atoms with Gasteiger partial charge in [0.2, 0.25) is 0 Å². The quantitative estimate of drug-likeness (QED) is 0.492. The molecule has 1 amide bonds. The van der Waals surface area contributed by atoms with Crippen LogP contribution in [0.3, 0.4) is 0 Å². The Bertz CT molecular complexity index is 944. The molecule has 4 atom stereocenters. The fraction of sp³-hybridized carbons (Fsp3) is 0.269. The third kappa shape index (κ3) is 3.96. The maximum Gasteiger partial charge on any atom is 0.255 e. The maximum atomic E-state index is 13.7. The summed E-state index contributed by atoms with van der Waals surface area (Å²) < 4.78 is 11.4. The van der Waals surface area contributed by atoms with Crippen LogP contribution in [0.15, 0.2) is 84.9 Å². The van der Waals surface area contributed by atoms with Crippen molar-refractivity contribution in [1.29, 1.82) is 0 Å². The Balaban J connectivity index is 1.63. The molecular formula is C26H27NO3. The van der Waals surface area contributed by atoms with Gasteiger partial charge in [-0.15, -0.1) is 0 Å². The first-order valence-electron chi connectivity index (χ1n) is 10.3. The van der Waals surface area contributed by atoms with Crippen LogP contribution in [0.2, 0.25) is 0 Å². The van der Waals surface area contributed by atoms with E-state index in [1.807, 2.05) is 65.6 Å². The largest absolute Gasteiger partial charge is 0.496 e. The summed E-state index contributed by atoms with van der Waals surface area (Å²) in [5, 5.41) is 0. The summed E-state index contributed by atoms with van der Waals surface area (Å²) in [6.07, 6.45) is -0.777. The molecule has 3 aromatic rings. The average molecular weight is 402 g/mol. The second kappa shape index (κ2) is 8.72. The molecule has 1 saturated heterocycles. The van der Waals surface area contributed by atoms with Crippen LogP contribution in [0.1, 0.15) is 48.7 Å². The van der Waals surface area contributed by atoms with Crippen molar-refractivity contribution >= 4 is 5.91 Å². The van der Waals surface area contributed by atoms with E-state index in [0.717, 1.165) is 22.4 Å². The van der Waals surface area contributed by atoms with Gasteiger partial charge in [0.15, 0.2) is 6.10 Å². The molecule has 1 fully saturated rings. The molecule has 1 aliphatic heterocycles. The van der Waals surface area contributed by atoms with Crippen molar-refractivity contribution in [1.82, 2.24) is 4.90 Å². The van der Waals surface area contributed by atoms with Crippen molar-refractivity contribution < 1.29 is 14.3 Å². The molecule has 4 rings (SSSR count). The summed E-state index contributed by atoms with van der Waals surface area (Å²) >= 11 is 0. The molecule has 4 heteroatoms. The van der Waals surface area contributed by atoms with E-state index >= 15 is 0 Å². The summed E-state index contributed by atoms with van der Waals surface area (Å²) in [6.45, 7) is 4.15. The van der Waals surface area contributed by atoms with Gasteiger partial charge in [-0.25, -0.2) is 0 Å². The molecule has 0 aromatic heterocycles. The van der Waals surface area contributed by atoms with Gasteiger partial charge in [-0.2, -0.15) is 0 Å². The van der Waals surface area contributed by atoms with Crippen LogP contribution >= 0.6 is 0 Å². The third-order valence-corrected chi connectivity index (χ3v) is 5.83. The van der Waals surface area contributed by atoms with Crippen molar-refractivity contribution in [2.45, 2.75) is 38.1 Å². The highest BCUT2D eigenvalue weighted by atomic mass is 16.6. The van der Waals surface area contributed by atoms with Gasteiger partial charge in [0.25, 0.3) is 5.91 Å². The fourth-order valence-corrected chi connectivity index (χ4v) is 4.09. The summed E-state index contributed by atoms with van der Waals surface area (Å²) in [4.78, 5) is 15.6. The smallest absolute Gasteiger partial charge is 0.255 e. The molecule has 0 bridgehead atoms. The molecule has 0 aliphatic carbocycles. The van der Waals surface area contributed by atoms with Gasteiger partial charge in [-0.05, 0) is 31.0 Å². The van der Waals surface area contributed by atoms with Gasteiger partial charge >= 0.3 is 0 Å². The minimum absolute atomic E-state index is 0.00128. The van der Waals surface area contributed by atoms with E-state index in [0.29, 0.717) is 0 Å². The molecule has 0 N–H and O–H groups in total. The molecule has 0 saturated carbocycles. The molecular weight excluding hydrogens is 374 g/mol. The highest BCUT2D eigenvalue weighted by Gasteiger charge is 2.50. The number of rotatable bonds is 7. The summed E-state index contributed by atoms with van der Waals surface area (Å²) in [5.41, 5.74) is 3.12. The number of hydrogen-bond acceptors (Lipinski definition) is 3. The zero-order valence-corrected chi connectivity index (χ0v) is 17.6. The zero-order chi connectivity index (χ0) is 21.1. The predicted octanol–water partition coefficient (Wildman–Crippen LogP) is 5.49. The summed E-state index contributed by atoms with van der Waals surface area (Å²) in [5.74, 6) is 0.746. The van der Waals surface area contributed by atoms with Crippen molar-refractivity contribution in [2.75, 3.05) is 7.11 Å². The van der Waals surface area contributed by atoms with Gasteiger partial charge in [-0.3, -0.25) is 4.79 Å². The van der Waals surface area contributed by atoms with Gasteiger partial charge in [0, 0.05) is 5.56 Å². The molecule has 1 aliphatic rings. The number of nitrogens with zero attached hydrogens (tertiary/aromatic N) is 1. The highest BCUT2D eigenvalue weighted by molar-refractivity contribution is 5.85. The number of benzene rings is 3. The number of hydrogen-bond donors (Lipinski definition) is 0. The lowest BCUT2D eigenvalue weighted by Gasteiger charge is -2.35. The average Bonchev–Trinajstić information content (AvgIpc) is 3.61. The Morgan fingerprint density at radius 3 is 1.87 bits per heavy atom. The van der Waals surface area contributed by atoms with Crippen molar-refractivity contribution in [2.24, 2.45) is 0 Å². The topological polar surface area (TPSA) is 42.1 Å². The number of carbonyl (C=O) groups excluding carboxylic acids is 1. The second-order valence-corrected chi connectivity index (χ2v) is 7.64. The van der Waals surface area contributed by atoms with E-state index in [2.05, 4.69) is 38.1 Å². The van der Waals surface area contributed by atoms with E-state index in [4.69, 9.17) is 9.47 Å². The van der Waals surface area contributed by atoms with Crippen LogP contribution in [0, 0.1) is 0 Å². The lowest BCUT2D eigenvalue weighted by atomic mass is 9.99. The number of ether oxygens (including phenoxy) is 2. The van der Waals surface area contributed by atoms with Crippen LogP contribution in [0.25, 0.3) is 0 Å². The predicted molar refractivity (Wildman–Crippen MR) is 117 cm³/mol. The molecule has 2 unspecified atom stereocenters. The molecule has 0 spiro atoms. The number of methoxy groups -OCH3 is 1. The normalized spacial score (nSPS) is 19.6. The van der Waals surface area contributed by atoms with Gasteiger partial charge in [0.1, 0.15) is 11.9 Å². The lowest BCUT2D eigenvalue weighted by Crippen LogP contribution is -2.39. The first-order valence-corrected chi connectivity index (χ1v) is 10.3. The van der Waals surface area contributed by atoms with E-state index in [1.165, 1.54) is 0 Å². The number of para-hydroxylation sites is 1. The van der Waals surface area contributed by atoms with Crippen LogP contribution in [0.4, 0.5) is 0 Å². The van der Waals surface area contributed by atoms with E-state index in [1.54, 1.807) is 7.11 Å². The molecule has 0 radical (unpaired) electrons. The number of epoxide rings is 1. The number of carbonyl (C=O) groups is 1. The van der Waals surface area contributed by atoms with Gasteiger partial charge < -0.3 is 14.4 Å². The van der Waals surface area contributed by atoms with Crippen LogP contribution < -0.4 is 4.74 Å². The van der Waals surface area contributed by atoms with Crippen molar-refractivity contribution in [3.8, 4) is 5.75 Å². The van der Waals surface area contributed by atoms with E-state index in [-0.39, 0.29) is 24.1 Å². The fourth-order valence-electron chi connectivity index (χ4n) is 4.09. The summed E-state index contributed by atoms with van der Waals surface area (Å²) in [6, 6.07) is 27.8. The Labute approximate surface area is 178 Å². The monoisotopic (exact) mass is 401 g/mol. The van der Waals surface area contributed by atoms with Crippen LogP contribution in [0.5, 0.6) is 5.75 Å². The highest BCUT2D eigenvalue weighted by Crippen LogP contribution is 2.45. The minimum Gasteiger partial charge on any atom is -0.496 e. The number of amides is 1. The Morgan fingerprint density at radius 1 is 0.833 bits per heavy atom. The SMILES string of the molecule is COc1ccccc1C1OC1C(=O)N([C@@H](C)c1ccccc1)[C@@H](C)c1ccccc1. The summed E-state index contributed by atoms with van der Waals surface area (Å²) in [7, 11) is 1.64. The van der Waals surface area contributed by atoms with Gasteiger partial charge in [-0.1, -0.05) is 78.9 Å². The molecule has 1 heterocycles. The second-order valence-electron chi connectivity index (χ2n) is 7.64. The zero-order valence-electron chi connectivity index (χ0n) is 17.6. The maximum absolute atomic E-state index is 13.7. The Kier molecular flexibility index (Phi) is 5.86. The first kappa shape index (κ1) is 20.2. The van der Waals surface area contributed by atoms with Crippen LogP contribution in [-0.4, -0.2) is 24.0 Å². The van der Waals surface area contributed by atoms with E-state index < -0.39 is 6.10 Å². The standard InChI is InChI=1S/C26H27NO3/c1-18(20-12-6-4-7-13-20)27(19(2)21-14-8-5-9-15-21)26(28)25-24(30-25)22-16-10-11-17-23(22)29-3/h4-19,24-25H,1-3H3/t18-,19-,24?,25?/m0/s1. The van der Waals surface area contributed by atoms with Gasteiger partial charge in [0.05, 0.1) is 19.2 Å². The minimum atomic E-state index is -0.501. The molecule has 4 nitrogen and oxygen atoms in total. The van der Waals surface area contributed by atoms with E-state index in [9.17, 15) is 4.79 Å². The first-order chi connectivity index (χ1) is 14.6. The molecule has 3 aromatic carbocycles. The Hall–Kier alpha value is -3.11. The third-order valence-electron chi connectivity index (χ3n) is 5.83. The lowest BCUT2D eigenvalue weighted by molar-refractivity contribution is -0.137. The van der Waals surface area contributed by atoms with Crippen molar-refractivity contribution in [3.63, 3.8) is 0 Å². The van der Waals surface area contributed by atoms with Crippen LogP contribution in [-0.2, 0) is 9.53 Å². The molecule has 30 heavy (non-hydrogen) atoms. The molecule has 154 valence electrons. The van der Waals surface area contributed by atoms with Crippen molar-refractivity contribution in [3.05, 3.63) is 102 Å².